The third-order valence-electron chi connectivity index (χ3n) is 4.91. The van der Waals surface area contributed by atoms with E-state index in [1.165, 1.54) is 17.1 Å². The highest BCUT2D eigenvalue weighted by molar-refractivity contribution is 5.17. The first-order chi connectivity index (χ1) is 13.2. The second kappa shape index (κ2) is 7.80. The van der Waals surface area contributed by atoms with Gasteiger partial charge in [0, 0.05) is 51.2 Å². The van der Waals surface area contributed by atoms with Gasteiger partial charge in [0.25, 0.3) is 5.56 Å². The molecule has 4 rings (SSSR count). The van der Waals surface area contributed by atoms with Gasteiger partial charge in [-0.1, -0.05) is 5.16 Å². The van der Waals surface area contributed by atoms with Gasteiger partial charge < -0.3 is 4.52 Å². The highest BCUT2D eigenvalue weighted by Gasteiger charge is 2.24. The molecule has 0 radical (unpaired) electrons. The van der Waals surface area contributed by atoms with Crippen molar-refractivity contribution in [3.05, 3.63) is 53.2 Å². The maximum atomic E-state index is 12.1. The molecule has 0 aromatic carbocycles. The van der Waals surface area contributed by atoms with Crippen LogP contribution in [0.5, 0.6) is 0 Å². The maximum absolute atomic E-state index is 12.1. The standard InChI is InChI=1S/C17H22N8O2/c1-14(17-18-13-20-27-17)23-10-7-22(8-11-23)9-12-25-16(26)4-3-15(21-25)24-6-2-5-19-24/h2-6,13-14H,7-12H2,1H3. The molecule has 0 saturated carbocycles. The van der Waals surface area contributed by atoms with E-state index >= 15 is 0 Å². The Hall–Kier alpha value is -2.85. The summed E-state index contributed by atoms with van der Waals surface area (Å²) in [5, 5.41) is 12.3. The molecule has 142 valence electrons. The summed E-state index contributed by atoms with van der Waals surface area (Å²) in [5.74, 6) is 1.28. The van der Waals surface area contributed by atoms with Crippen molar-refractivity contribution in [3.8, 4) is 5.82 Å². The molecular weight excluding hydrogens is 348 g/mol. The molecule has 3 aromatic rings. The lowest BCUT2D eigenvalue weighted by atomic mass is 10.2. The lowest BCUT2D eigenvalue weighted by molar-refractivity contribution is 0.0856. The van der Waals surface area contributed by atoms with Gasteiger partial charge in [0.05, 0.1) is 12.6 Å². The quantitative estimate of drug-likeness (QED) is 0.607. The van der Waals surface area contributed by atoms with Crippen molar-refractivity contribution in [2.45, 2.75) is 19.5 Å². The summed E-state index contributed by atoms with van der Waals surface area (Å²) in [7, 11) is 0. The first-order valence-electron chi connectivity index (χ1n) is 9.02. The zero-order valence-electron chi connectivity index (χ0n) is 15.2. The van der Waals surface area contributed by atoms with E-state index in [1.807, 2.05) is 6.07 Å². The zero-order chi connectivity index (χ0) is 18.6. The van der Waals surface area contributed by atoms with Gasteiger partial charge in [0.1, 0.15) is 0 Å². The van der Waals surface area contributed by atoms with Crippen molar-refractivity contribution in [2.24, 2.45) is 0 Å². The minimum absolute atomic E-state index is 0.102. The van der Waals surface area contributed by atoms with E-state index < -0.39 is 0 Å². The molecule has 27 heavy (non-hydrogen) atoms. The van der Waals surface area contributed by atoms with Crippen LogP contribution in [-0.2, 0) is 6.54 Å². The third-order valence-corrected chi connectivity index (χ3v) is 4.91. The van der Waals surface area contributed by atoms with Crippen LogP contribution in [0, 0.1) is 0 Å². The zero-order valence-corrected chi connectivity index (χ0v) is 15.2. The Kier molecular flexibility index (Phi) is 5.07. The Labute approximate surface area is 156 Å². The molecule has 0 aliphatic carbocycles. The van der Waals surface area contributed by atoms with Crippen LogP contribution in [0.4, 0.5) is 0 Å². The number of hydrogen-bond donors (Lipinski definition) is 0. The largest absolute Gasteiger partial charge is 0.338 e. The van der Waals surface area contributed by atoms with Gasteiger partial charge in [-0.2, -0.15) is 10.1 Å². The second-order valence-corrected chi connectivity index (χ2v) is 6.54. The fourth-order valence-corrected chi connectivity index (χ4v) is 3.26. The summed E-state index contributed by atoms with van der Waals surface area (Å²) in [6.45, 7) is 7.08. The van der Waals surface area contributed by atoms with Crippen LogP contribution in [0.2, 0.25) is 0 Å². The van der Waals surface area contributed by atoms with E-state index in [0.29, 0.717) is 18.3 Å². The second-order valence-electron chi connectivity index (χ2n) is 6.54. The maximum Gasteiger partial charge on any atom is 0.266 e. The van der Waals surface area contributed by atoms with Crippen LogP contribution in [-0.4, -0.2) is 72.2 Å². The number of hydrogen-bond acceptors (Lipinski definition) is 8. The van der Waals surface area contributed by atoms with E-state index in [4.69, 9.17) is 4.52 Å². The Morgan fingerprint density at radius 1 is 1.19 bits per heavy atom. The van der Waals surface area contributed by atoms with Crippen molar-refractivity contribution in [1.29, 1.82) is 0 Å². The monoisotopic (exact) mass is 370 g/mol. The molecule has 3 aromatic heterocycles. The summed E-state index contributed by atoms with van der Waals surface area (Å²) >= 11 is 0. The van der Waals surface area contributed by atoms with E-state index in [9.17, 15) is 4.79 Å². The highest BCUT2D eigenvalue weighted by Crippen LogP contribution is 2.19. The Morgan fingerprint density at radius 3 is 2.74 bits per heavy atom. The molecule has 4 heterocycles. The van der Waals surface area contributed by atoms with E-state index in [0.717, 1.165) is 32.7 Å². The predicted molar refractivity (Wildman–Crippen MR) is 96.3 cm³/mol. The highest BCUT2D eigenvalue weighted by atomic mass is 16.5. The van der Waals surface area contributed by atoms with Gasteiger partial charge in [-0.25, -0.2) is 9.36 Å². The minimum Gasteiger partial charge on any atom is -0.338 e. The molecule has 10 heteroatoms. The van der Waals surface area contributed by atoms with Crippen LogP contribution in [0.3, 0.4) is 0 Å². The number of nitrogens with zero attached hydrogens (tertiary/aromatic N) is 8. The smallest absolute Gasteiger partial charge is 0.266 e. The van der Waals surface area contributed by atoms with E-state index in [1.54, 1.807) is 23.1 Å². The Morgan fingerprint density at radius 2 is 2.04 bits per heavy atom. The van der Waals surface area contributed by atoms with Gasteiger partial charge in [-0.3, -0.25) is 14.6 Å². The summed E-state index contributed by atoms with van der Waals surface area (Å²) in [5.41, 5.74) is -0.102. The van der Waals surface area contributed by atoms with Crippen molar-refractivity contribution in [1.82, 2.24) is 39.5 Å². The lowest BCUT2D eigenvalue weighted by Crippen LogP contribution is -2.48. The fourth-order valence-electron chi connectivity index (χ4n) is 3.26. The van der Waals surface area contributed by atoms with Gasteiger partial charge >= 0.3 is 0 Å². The molecule has 1 saturated heterocycles. The Balaban J connectivity index is 1.33. The molecule has 1 fully saturated rings. The van der Waals surface area contributed by atoms with Crippen LogP contribution in [0.15, 0.2) is 46.2 Å². The van der Waals surface area contributed by atoms with Crippen LogP contribution in [0.25, 0.3) is 5.82 Å². The van der Waals surface area contributed by atoms with Crippen molar-refractivity contribution >= 4 is 0 Å². The number of aromatic nitrogens is 6. The van der Waals surface area contributed by atoms with Crippen molar-refractivity contribution < 1.29 is 4.52 Å². The lowest BCUT2D eigenvalue weighted by Gasteiger charge is -2.36. The predicted octanol–water partition coefficient (Wildman–Crippen LogP) is 0.191. The summed E-state index contributed by atoms with van der Waals surface area (Å²) in [4.78, 5) is 20.9. The summed E-state index contributed by atoms with van der Waals surface area (Å²) < 4.78 is 8.32. The molecule has 1 aliphatic rings. The molecule has 0 N–H and O–H groups in total. The van der Waals surface area contributed by atoms with Crippen molar-refractivity contribution in [3.63, 3.8) is 0 Å². The number of piperazine rings is 1. The molecule has 1 unspecified atom stereocenters. The summed E-state index contributed by atoms with van der Waals surface area (Å²) in [6, 6.07) is 5.16. The third kappa shape index (κ3) is 3.96. The Bertz CT molecular complexity index is 897. The molecule has 0 spiro atoms. The molecule has 0 bridgehead atoms. The van der Waals surface area contributed by atoms with Gasteiger partial charge in [0.15, 0.2) is 12.1 Å². The average molecular weight is 370 g/mol. The molecule has 10 nitrogen and oxygen atoms in total. The van der Waals surface area contributed by atoms with Crippen LogP contribution in [0.1, 0.15) is 18.9 Å². The normalized spacial score (nSPS) is 17.2. The fraction of sp³-hybridized carbons (Fsp3) is 0.471. The van der Waals surface area contributed by atoms with E-state index in [-0.39, 0.29) is 11.6 Å². The molecule has 1 aliphatic heterocycles. The molecule has 1 atom stereocenters. The molecule has 0 amide bonds. The molecular formula is C17H22N8O2. The van der Waals surface area contributed by atoms with Crippen LogP contribution >= 0.6 is 0 Å². The number of rotatable bonds is 6. The van der Waals surface area contributed by atoms with E-state index in [2.05, 4.69) is 37.1 Å². The van der Waals surface area contributed by atoms with Gasteiger partial charge in [-0.15, -0.1) is 5.10 Å². The van der Waals surface area contributed by atoms with Gasteiger partial charge in [-0.05, 0) is 19.1 Å². The first-order valence-corrected chi connectivity index (χ1v) is 9.02. The van der Waals surface area contributed by atoms with Crippen LogP contribution < -0.4 is 5.56 Å². The topological polar surface area (TPSA) is 98.1 Å². The minimum atomic E-state index is -0.102. The average Bonchev–Trinajstić information content (AvgIpc) is 3.41. The summed E-state index contributed by atoms with van der Waals surface area (Å²) in [6.07, 6.45) is 4.93. The first kappa shape index (κ1) is 17.6. The van der Waals surface area contributed by atoms with Gasteiger partial charge in [0.2, 0.25) is 5.89 Å². The SMILES string of the molecule is CC(c1ncno1)N1CCN(CCn2nc(-n3cccn3)ccc2=O)CC1. The van der Waals surface area contributed by atoms with Crippen molar-refractivity contribution in [2.75, 3.05) is 32.7 Å².